The molecule has 0 aromatic heterocycles. The van der Waals surface area contributed by atoms with Crippen LogP contribution in [0.3, 0.4) is 0 Å². The number of allylic oxidation sites excluding steroid dienone is 2. The van der Waals surface area contributed by atoms with Crippen molar-refractivity contribution in [2.24, 2.45) is 17.8 Å². The molecule has 1 fully saturated rings. The number of hydrogen-bond donors (Lipinski definition) is 2. The van der Waals surface area contributed by atoms with Crippen LogP contribution < -0.4 is 5.32 Å². The number of rotatable bonds is 8. The third-order valence-corrected chi connectivity index (χ3v) is 4.63. The first-order valence-corrected chi connectivity index (χ1v) is 8.45. The van der Waals surface area contributed by atoms with E-state index in [1.807, 2.05) is 0 Å². The zero-order valence-electron chi connectivity index (χ0n) is 13.3. The van der Waals surface area contributed by atoms with Crippen LogP contribution in [-0.2, 0) is 9.47 Å². The largest absolute Gasteiger partial charge is 0.389 e. The molecule has 2 N–H and O–H groups in total. The van der Waals surface area contributed by atoms with Crippen molar-refractivity contribution in [1.82, 2.24) is 5.32 Å². The molecule has 1 heterocycles. The van der Waals surface area contributed by atoms with E-state index in [9.17, 15) is 5.11 Å². The Balaban J connectivity index is 1.49. The van der Waals surface area contributed by atoms with Crippen LogP contribution in [0.2, 0.25) is 0 Å². The van der Waals surface area contributed by atoms with Gasteiger partial charge in [-0.3, -0.25) is 0 Å². The highest BCUT2D eigenvalue weighted by atomic mass is 16.5. The van der Waals surface area contributed by atoms with Crippen LogP contribution in [0, 0.1) is 17.8 Å². The molecule has 4 heteroatoms. The second-order valence-corrected chi connectivity index (χ2v) is 6.61. The summed E-state index contributed by atoms with van der Waals surface area (Å²) in [6.45, 7) is 6.77. The first-order chi connectivity index (χ1) is 10.3. The van der Waals surface area contributed by atoms with Gasteiger partial charge in [-0.05, 0) is 43.4 Å². The van der Waals surface area contributed by atoms with Crippen molar-refractivity contribution < 1.29 is 14.6 Å². The summed E-state index contributed by atoms with van der Waals surface area (Å²) in [7, 11) is 0. The third-order valence-electron chi connectivity index (χ3n) is 4.63. The number of aliphatic hydroxyl groups is 1. The van der Waals surface area contributed by atoms with E-state index in [4.69, 9.17) is 9.47 Å². The predicted octanol–water partition coefficient (Wildman–Crippen LogP) is 1.98. The minimum Gasteiger partial charge on any atom is -0.389 e. The highest BCUT2D eigenvalue weighted by Crippen LogP contribution is 2.24. The number of hydrogen-bond acceptors (Lipinski definition) is 4. The molecule has 4 atom stereocenters. The first-order valence-electron chi connectivity index (χ1n) is 8.45. The molecule has 0 radical (unpaired) electrons. The van der Waals surface area contributed by atoms with Gasteiger partial charge in [0.15, 0.2) is 0 Å². The van der Waals surface area contributed by atoms with Crippen molar-refractivity contribution in [3.8, 4) is 0 Å². The van der Waals surface area contributed by atoms with Crippen LogP contribution >= 0.6 is 0 Å². The minimum absolute atomic E-state index is 0.413. The summed E-state index contributed by atoms with van der Waals surface area (Å²) in [4.78, 5) is 0. The van der Waals surface area contributed by atoms with Crippen molar-refractivity contribution in [3.05, 3.63) is 12.2 Å². The van der Waals surface area contributed by atoms with Crippen molar-refractivity contribution in [3.63, 3.8) is 0 Å². The normalized spacial score (nSPS) is 31.2. The van der Waals surface area contributed by atoms with Crippen LogP contribution in [0.5, 0.6) is 0 Å². The maximum absolute atomic E-state index is 9.94. The highest BCUT2D eigenvalue weighted by Gasteiger charge is 2.19. The topological polar surface area (TPSA) is 50.7 Å². The van der Waals surface area contributed by atoms with Gasteiger partial charge in [0.25, 0.3) is 0 Å². The molecular weight excluding hydrogens is 266 g/mol. The smallest absolute Gasteiger partial charge is 0.0897 e. The van der Waals surface area contributed by atoms with Gasteiger partial charge in [0.2, 0.25) is 0 Å². The Bertz CT molecular complexity index is 302. The van der Waals surface area contributed by atoms with Crippen LogP contribution in [-0.4, -0.2) is 50.7 Å². The van der Waals surface area contributed by atoms with Gasteiger partial charge in [0.1, 0.15) is 0 Å². The molecule has 122 valence electrons. The van der Waals surface area contributed by atoms with E-state index in [0.29, 0.717) is 30.9 Å². The van der Waals surface area contributed by atoms with Crippen molar-refractivity contribution in [1.29, 1.82) is 0 Å². The number of ether oxygens (including phenoxy) is 2. The molecule has 0 aromatic rings. The Labute approximate surface area is 128 Å². The average molecular weight is 297 g/mol. The average Bonchev–Trinajstić information content (AvgIpc) is 2.50. The standard InChI is InChI=1S/C17H31NO3/c1-14-5-2-3-7-16(14)12-21-13-17(19)10-18-9-15-6-4-8-20-11-15/h2-3,14-19H,4-13H2,1H3. The van der Waals surface area contributed by atoms with Gasteiger partial charge < -0.3 is 19.9 Å². The summed E-state index contributed by atoms with van der Waals surface area (Å²) in [5, 5.41) is 13.3. The van der Waals surface area contributed by atoms with E-state index in [-0.39, 0.29) is 0 Å². The molecule has 4 unspecified atom stereocenters. The summed E-state index contributed by atoms with van der Waals surface area (Å²) in [5.41, 5.74) is 0. The van der Waals surface area contributed by atoms with E-state index in [1.54, 1.807) is 0 Å². The molecule has 1 saturated heterocycles. The molecule has 0 bridgehead atoms. The monoisotopic (exact) mass is 297 g/mol. The molecular formula is C17H31NO3. The SMILES string of the molecule is CC1CC=CCC1COCC(O)CNCC1CCCOC1. The predicted molar refractivity (Wildman–Crippen MR) is 84.3 cm³/mol. The van der Waals surface area contributed by atoms with Gasteiger partial charge in [0, 0.05) is 19.7 Å². The van der Waals surface area contributed by atoms with Gasteiger partial charge >= 0.3 is 0 Å². The second kappa shape index (κ2) is 9.57. The zero-order valence-corrected chi connectivity index (χ0v) is 13.3. The maximum atomic E-state index is 9.94. The van der Waals surface area contributed by atoms with E-state index < -0.39 is 6.10 Å². The number of aliphatic hydroxyl groups excluding tert-OH is 1. The lowest BCUT2D eigenvalue weighted by atomic mass is 9.85. The minimum atomic E-state index is -0.413. The lowest BCUT2D eigenvalue weighted by molar-refractivity contribution is 0.0108. The molecule has 2 aliphatic rings. The van der Waals surface area contributed by atoms with Crippen molar-refractivity contribution in [2.45, 2.75) is 38.7 Å². The van der Waals surface area contributed by atoms with Gasteiger partial charge in [-0.1, -0.05) is 19.1 Å². The number of nitrogens with one attached hydrogen (secondary N) is 1. The lowest BCUT2D eigenvalue weighted by Gasteiger charge is -2.26. The molecule has 0 spiro atoms. The van der Waals surface area contributed by atoms with Crippen LogP contribution in [0.15, 0.2) is 12.2 Å². The molecule has 0 amide bonds. The Morgan fingerprint density at radius 2 is 2.24 bits per heavy atom. The first kappa shape index (κ1) is 16.9. The second-order valence-electron chi connectivity index (χ2n) is 6.61. The van der Waals surface area contributed by atoms with E-state index >= 15 is 0 Å². The highest BCUT2D eigenvalue weighted by molar-refractivity contribution is 4.93. The molecule has 4 nitrogen and oxygen atoms in total. The quantitative estimate of drug-likeness (QED) is 0.673. The van der Waals surface area contributed by atoms with Crippen LogP contribution in [0.4, 0.5) is 0 Å². The summed E-state index contributed by atoms with van der Waals surface area (Å²) in [5.74, 6) is 1.90. The van der Waals surface area contributed by atoms with Crippen LogP contribution in [0.1, 0.15) is 32.6 Å². The Kier molecular flexibility index (Phi) is 7.72. The maximum Gasteiger partial charge on any atom is 0.0897 e. The molecule has 2 rings (SSSR count). The van der Waals surface area contributed by atoms with Gasteiger partial charge in [0.05, 0.1) is 25.9 Å². The molecule has 1 aliphatic heterocycles. The van der Waals surface area contributed by atoms with Crippen molar-refractivity contribution in [2.75, 3.05) is 39.5 Å². The van der Waals surface area contributed by atoms with Gasteiger partial charge in [-0.15, -0.1) is 0 Å². The molecule has 0 saturated carbocycles. The van der Waals surface area contributed by atoms with Crippen molar-refractivity contribution >= 4 is 0 Å². The Morgan fingerprint density at radius 3 is 3.00 bits per heavy atom. The van der Waals surface area contributed by atoms with Gasteiger partial charge in [-0.2, -0.15) is 0 Å². The molecule has 1 aliphatic carbocycles. The summed E-state index contributed by atoms with van der Waals surface area (Å²) in [6, 6.07) is 0. The zero-order chi connectivity index (χ0) is 14.9. The summed E-state index contributed by atoms with van der Waals surface area (Å²) >= 11 is 0. The third kappa shape index (κ3) is 6.47. The van der Waals surface area contributed by atoms with Crippen LogP contribution in [0.25, 0.3) is 0 Å². The molecule has 21 heavy (non-hydrogen) atoms. The fraction of sp³-hybridized carbons (Fsp3) is 0.882. The Morgan fingerprint density at radius 1 is 1.38 bits per heavy atom. The summed E-state index contributed by atoms with van der Waals surface area (Å²) < 4.78 is 11.1. The van der Waals surface area contributed by atoms with E-state index in [1.165, 1.54) is 6.42 Å². The fourth-order valence-electron chi connectivity index (χ4n) is 3.08. The van der Waals surface area contributed by atoms with E-state index in [0.717, 1.165) is 45.6 Å². The summed E-state index contributed by atoms with van der Waals surface area (Å²) in [6.07, 6.45) is 8.74. The van der Waals surface area contributed by atoms with Gasteiger partial charge in [-0.25, -0.2) is 0 Å². The molecule has 0 aromatic carbocycles. The Hall–Kier alpha value is -0.420. The van der Waals surface area contributed by atoms with E-state index in [2.05, 4.69) is 24.4 Å². The lowest BCUT2D eigenvalue weighted by Crippen LogP contribution is -2.36. The fourth-order valence-corrected chi connectivity index (χ4v) is 3.08.